The molecule has 0 saturated carbocycles. The number of aryl methyl sites for hydroxylation is 2. The van der Waals surface area contributed by atoms with Gasteiger partial charge in [-0.25, -0.2) is 0 Å². The van der Waals surface area contributed by atoms with E-state index in [0.717, 1.165) is 30.5 Å². The molecule has 0 spiro atoms. The lowest BCUT2D eigenvalue weighted by Crippen LogP contribution is -2.56. The van der Waals surface area contributed by atoms with Gasteiger partial charge in [0.2, 0.25) is 0 Å². The van der Waals surface area contributed by atoms with Gasteiger partial charge in [-0.15, -0.1) is 0 Å². The second-order valence-electron chi connectivity index (χ2n) is 27.3. The summed E-state index contributed by atoms with van der Waals surface area (Å²) < 4.78 is 7.70. The largest absolute Gasteiger partial charge is 0.468 e. The van der Waals surface area contributed by atoms with Crippen LogP contribution in [0.3, 0.4) is 0 Å². The monoisotopic (exact) mass is 891 g/mol. The van der Waals surface area contributed by atoms with Crippen molar-refractivity contribution in [3.8, 4) is 0 Å². The third kappa shape index (κ3) is 6.55. The van der Waals surface area contributed by atoms with E-state index in [4.69, 9.17) is 4.42 Å². The number of anilines is 5. The van der Waals surface area contributed by atoms with E-state index in [1.54, 1.807) is 0 Å². The molecule has 11 rings (SSSR count). The lowest BCUT2D eigenvalue weighted by atomic mass is 9.34. The second-order valence-corrected chi connectivity index (χ2v) is 27.3. The Bertz CT molecular complexity index is 3020. The molecule has 0 unspecified atom stereocenters. The van der Waals surface area contributed by atoms with Crippen molar-refractivity contribution in [1.29, 1.82) is 0 Å². The molecule has 4 aromatic carbocycles. The number of rotatable bonds is 3. The second kappa shape index (κ2) is 14.1. The highest BCUT2D eigenvalue weighted by molar-refractivity contribution is 6.95. The third-order valence-electron chi connectivity index (χ3n) is 18.9. The number of furan rings is 1. The molecule has 350 valence electrons. The number of allylic oxidation sites excluding steroid dienone is 4. The molecule has 2 aliphatic heterocycles. The van der Waals surface area contributed by atoms with Crippen LogP contribution in [-0.2, 0) is 38.9 Å². The maximum atomic E-state index is 7.70. The fourth-order valence-electron chi connectivity index (χ4n) is 13.9. The number of nitrogens with zero attached hydrogens (tertiary/aromatic N) is 2. The average Bonchev–Trinajstić information content (AvgIpc) is 3.63. The summed E-state index contributed by atoms with van der Waals surface area (Å²) in [7, 11) is 0. The Hall–Kier alpha value is -4.44. The Morgan fingerprint density at radius 1 is 0.567 bits per heavy atom. The lowest BCUT2D eigenvalue weighted by Gasteiger charge is -2.47. The van der Waals surface area contributed by atoms with Crippen LogP contribution in [0.25, 0.3) is 11.0 Å². The van der Waals surface area contributed by atoms with E-state index in [-0.39, 0.29) is 44.6 Å². The van der Waals surface area contributed by atoms with Gasteiger partial charge >= 0.3 is 0 Å². The summed E-state index contributed by atoms with van der Waals surface area (Å²) in [4.78, 5) is 5.45. The quantitative estimate of drug-likeness (QED) is 0.168. The third-order valence-corrected chi connectivity index (χ3v) is 18.9. The first-order valence-electron chi connectivity index (χ1n) is 26.3. The predicted octanol–water partition coefficient (Wildman–Crippen LogP) is 16.5. The molecular weight excluding hydrogens is 812 g/mol. The first-order valence-corrected chi connectivity index (χ1v) is 26.3. The van der Waals surface area contributed by atoms with Crippen LogP contribution in [0.4, 0.5) is 28.4 Å². The molecule has 0 saturated heterocycles. The zero-order valence-corrected chi connectivity index (χ0v) is 44.5. The Morgan fingerprint density at radius 2 is 1.07 bits per heavy atom. The molecule has 3 nitrogen and oxygen atoms in total. The molecule has 0 N–H and O–H groups in total. The molecule has 4 aliphatic carbocycles. The summed E-state index contributed by atoms with van der Waals surface area (Å²) in [6.45, 7) is 41.5. The van der Waals surface area contributed by atoms with Gasteiger partial charge in [0.05, 0.1) is 11.3 Å². The first-order chi connectivity index (χ1) is 31.1. The van der Waals surface area contributed by atoms with Gasteiger partial charge in [-0.05, 0) is 201 Å². The Kier molecular flexibility index (Phi) is 9.48. The van der Waals surface area contributed by atoms with Crippen LogP contribution in [0.1, 0.15) is 207 Å². The molecule has 0 amide bonds. The van der Waals surface area contributed by atoms with Gasteiger partial charge in [0.15, 0.2) is 0 Å². The maximum Gasteiger partial charge on any atom is 0.296 e. The van der Waals surface area contributed by atoms with Gasteiger partial charge in [0.1, 0.15) is 5.58 Å². The van der Waals surface area contributed by atoms with Gasteiger partial charge in [0.25, 0.3) is 6.71 Å². The first kappa shape index (κ1) is 45.0. The molecule has 5 aromatic rings. The van der Waals surface area contributed by atoms with Crippen LogP contribution in [0.5, 0.6) is 0 Å². The van der Waals surface area contributed by atoms with Crippen molar-refractivity contribution in [2.45, 2.75) is 208 Å². The van der Waals surface area contributed by atoms with Crippen LogP contribution >= 0.6 is 0 Å². The summed E-state index contributed by atoms with van der Waals surface area (Å²) in [5, 5.41) is 1.25. The molecular formula is C63H79BN2O. The van der Waals surface area contributed by atoms with Crippen molar-refractivity contribution in [3.63, 3.8) is 0 Å². The molecule has 1 aromatic heterocycles. The minimum Gasteiger partial charge on any atom is -0.468 e. The van der Waals surface area contributed by atoms with Gasteiger partial charge in [-0.2, -0.15) is 0 Å². The Labute approximate surface area is 405 Å². The molecule has 0 fully saturated rings. The van der Waals surface area contributed by atoms with E-state index in [9.17, 15) is 0 Å². The van der Waals surface area contributed by atoms with Crippen LogP contribution in [0.15, 0.2) is 81.8 Å². The highest BCUT2D eigenvalue weighted by Crippen LogP contribution is 2.56. The molecule has 3 heterocycles. The molecule has 0 atom stereocenters. The molecule has 6 aliphatic rings. The minimum atomic E-state index is -0.0437. The average molecular weight is 891 g/mol. The van der Waals surface area contributed by atoms with Gasteiger partial charge < -0.3 is 14.2 Å². The van der Waals surface area contributed by atoms with E-state index in [1.165, 1.54) is 139 Å². The smallest absolute Gasteiger partial charge is 0.296 e. The number of hydrogen-bond acceptors (Lipinski definition) is 3. The highest BCUT2D eigenvalue weighted by Gasteiger charge is 2.50. The number of hydrogen-bond donors (Lipinski definition) is 0. The van der Waals surface area contributed by atoms with Crippen molar-refractivity contribution in [2.75, 3.05) is 9.80 Å². The van der Waals surface area contributed by atoms with Crippen molar-refractivity contribution >= 4 is 57.2 Å². The van der Waals surface area contributed by atoms with E-state index in [0.29, 0.717) is 0 Å². The standard InChI is InChI=1S/C63H79BN2O/c1-18-38-30-51-54-52(31-38)66(50-35-46-43(29-37(50)2)59(8,9)25-27-62(46,14)15)49-22-19-39(57(3,4)5)32-48(49)64(54)56-55(41-34-45-47(36-53(41)67-56)63(16,17)28-26-61(45,12)13)65(51)40-20-21-42-44(33-40)60(10,11)24-23-58(42,6)7/h20-21,29-36H,18-19,22-28H2,1-17H3. The van der Waals surface area contributed by atoms with E-state index < -0.39 is 0 Å². The van der Waals surface area contributed by atoms with Gasteiger partial charge in [-0.1, -0.05) is 135 Å². The maximum absolute atomic E-state index is 7.70. The summed E-state index contributed by atoms with van der Waals surface area (Å²) >= 11 is 0. The van der Waals surface area contributed by atoms with Crippen molar-refractivity contribution in [2.24, 2.45) is 5.41 Å². The summed E-state index contributed by atoms with van der Waals surface area (Å²) in [5.74, 6) is 0. The van der Waals surface area contributed by atoms with E-state index in [2.05, 4.69) is 188 Å². The molecule has 0 bridgehead atoms. The zero-order valence-electron chi connectivity index (χ0n) is 44.5. The Balaban J connectivity index is 1.27. The fourth-order valence-corrected chi connectivity index (χ4v) is 13.9. The highest BCUT2D eigenvalue weighted by atomic mass is 16.3. The molecule has 4 heteroatoms. The van der Waals surface area contributed by atoms with Crippen molar-refractivity contribution in [3.05, 3.63) is 122 Å². The normalized spacial score (nSPS) is 22.3. The topological polar surface area (TPSA) is 19.6 Å². The lowest BCUT2D eigenvalue weighted by molar-refractivity contribution is 0.332. The zero-order chi connectivity index (χ0) is 47.9. The Morgan fingerprint density at radius 3 is 1.64 bits per heavy atom. The predicted molar refractivity (Wildman–Crippen MR) is 288 cm³/mol. The summed E-state index contributed by atoms with van der Waals surface area (Å²) in [6.07, 6.45) is 12.8. The minimum absolute atomic E-state index is 0.0437. The van der Waals surface area contributed by atoms with Crippen LogP contribution in [-0.4, -0.2) is 6.71 Å². The molecule has 0 radical (unpaired) electrons. The summed E-state index contributed by atoms with van der Waals surface area (Å²) in [5.41, 5.74) is 26.7. The van der Waals surface area contributed by atoms with Crippen LogP contribution < -0.4 is 20.9 Å². The van der Waals surface area contributed by atoms with Gasteiger partial charge in [0, 0.05) is 33.8 Å². The fraction of sp³-hybridized carbons (Fsp3) is 0.524. The van der Waals surface area contributed by atoms with E-state index >= 15 is 0 Å². The van der Waals surface area contributed by atoms with E-state index in [1.807, 2.05) is 0 Å². The SMILES string of the molecule is CCc1cc2c3c(c1)N(c1ccc4c(c1)C(C)(C)CCC4(C)C)c1c(oc4cc5c(cc14)C(C)(C)CCC5(C)C)B3C1=C(CCC(C(C)(C)C)=C1)N2c1cc2c(cc1C)C(C)(C)CCC2(C)C. The molecule has 67 heavy (non-hydrogen) atoms. The number of benzene rings is 4. The summed E-state index contributed by atoms with van der Waals surface area (Å²) in [6, 6.07) is 23.0. The van der Waals surface area contributed by atoms with Crippen molar-refractivity contribution < 1.29 is 4.42 Å². The van der Waals surface area contributed by atoms with Gasteiger partial charge in [-0.3, -0.25) is 0 Å². The van der Waals surface area contributed by atoms with Crippen LogP contribution in [0, 0.1) is 12.3 Å². The van der Waals surface area contributed by atoms with Crippen LogP contribution in [0.2, 0.25) is 0 Å². The van der Waals surface area contributed by atoms with Crippen molar-refractivity contribution in [1.82, 2.24) is 0 Å². The number of fused-ring (bicyclic) bond motifs is 8.